The van der Waals surface area contributed by atoms with Gasteiger partial charge in [-0.25, -0.2) is 4.68 Å². The minimum atomic E-state index is -0.100. The summed E-state index contributed by atoms with van der Waals surface area (Å²) in [6.07, 6.45) is 0.656. The number of nitrogens with zero attached hydrogens (tertiary/aromatic N) is 4. The summed E-state index contributed by atoms with van der Waals surface area (Å²) in [5.74, 6) is 1.25. The van der Waals surface area contributed by atoms with Gasteiger partial charge in [0.15, 0.2) is 11.5 Å². The molecule has 2 aromatic heterocycles. The van der Waals surface area contributed by atoms with Crippen molar-refractivity contribution in [3.05, 3.63) is 40.4 Å². The van der Waals surface area contributed by atoms with Gasteiger partial charge in [-0.1, -0.05) is 37.2 Å². The number of nitrogens with one attached hydrogen (secondary N) is 1. The summed E-state index contributed by atoms with van der Waals surface area (Å²) in [5.41, 5.74) is 0.448. The van der Waals surface area contributed by atoms with Crippen LogP contribution >= 0.6 is 0 Å². The van der Waals surface area contributed by atoms with Gasteiger partial charge < -0.3 is 9.84 Å². The van der Waals surface area contributed by atoms with Crippen LogP contribution in [0.1, 0.15) is 26.6 Å². The Hall–Kier alpha value is -2.54. The van der Waals surface area contributed by atoms with Crippen LogP contribution in [0.15, 0.2) is 33.6 Å². The van der Waals surface area contributed by atoms with Gasteiger partial charge in [0.1, 0.15) is 0 Å². The van der Waals surface area contributed by atoms with Crippen molar-refractivity contribution in [3.8, 4) is 11.6 Å². The molecule has 1 unspecified atom stereocenters. The molecule has 2 heterocycles. The van der Waals surface area contributed by atoms with Gasteiger partial charge in [-0.2, -0.15) is 10.1 Å². The number of rotatable bonds is 6. The second-order valence-corrected chi connectivity index (χ2v) is 6.68. The molecule has 3 aromatic rings. The van der Waals surface area contributed by atoms with E-state index < -0.39 is 0 Å². The predicted molar refractivity (Wildman–Crippen MR) is 96.4 cm³/mol. The molecule has 3 rings (SSSR count). The lowest BCUT2D eigenvalue weighted by Gasteiger charge is -2.10. The van der Waals surface area contributed by atoms with Gasteiger partial charge in [0.25, 0.3) is 11.4 Å². The molecule has 0 spiro atoms. The summed E-state index contributed by atoms with van der Waals surface area (Å²) in [4.78, 5) is 17.1. The number of likely N-dealkylation sites (N-methyl/N-ethyl adjacent to an activating group) is 1. The van der Waals surface area contributed by atoms with Crippen LogP contribution in [0.4, 0.5) is 0 Å². The number of hydrogen-bond donors (Lipinski definition) is 1. The van der Waals surface area contributed by atoms with E-state index in [-0.39, 0.29) is 11.6 Å². The van der Waals surface area contributed by atoms with Crippen LogP contribution in [-0.4, -0.2) is 33.0 Å². The zero-order valence-electron chi connectivity index (χ0n) is 15.0. The van der Waals surface area contributed by atoms with E-state index in [1.807, 2.05) is 46.0 Å². The lowest BCUT2D eigenvalue weighted by Crippen LogP contribution is -2.26. The molecular weight excluding hydrogens is 318 g/mol. The van der Waals surface area contributed by atoms with Crippen molar-refractivity contribution in [2.24, 2.45) is 5.92 Å². The normalized spacial score (nSPS) is 12.8. The van der Waals surface area contributed by atoms with Crippen molar-refractivity contribution in [3.63, 3.8) is 0 Å². The van der Waals surface area contributed by atoms with Crippen LogP contribution in [-0.2, 0) is 13.0 Å². The molecule has 0 fully saturated rings. The molecule has 0 aliphatic rings. The van der Waals surface area contributed by atoms with E-state index in [1.54, 1.807) is 6.07 Å². The van der Waals surface area contributed by atoms with Crippen LogP contribution in [0.3, 0.4) is 0 Å². The van der Waals surface area contributed by atoms with Crippen molar-refractivity contribution in [1.29, 1.82) is 0 Å². The fraction of sp³-hybridized carbons (Fsp3) is 0.444. The van der Waals surface area contributed by atoms with Crippen LogP contribution in [0.2, 0.25) is 0 Å². The largest absolute Gasteiger partial charge is 0.332 e. The Morgan fingerprint density at radius 1 is 1.20 bits per heavy atom. The van der Waals surface area contributed by atoms with Gasteiger partial charge in [0, 0.05) is 24.4 Å². The van der Waals surface area contributed by atoms with E-state index in [4.69, 9.17) is 4.52 Å². The van der Waals surface area contributed by atoms with Crippen molar-refractivity contribution < 1.29 is 4.52 Å². The minimum Gasteiger partial charge on any atom is -0.332 e. The van der Waals surface area contributed by atoms with E-state index in [0.717, 1.165) is 5.39 Å². The quantitative estimate of drug-likeness (QED) is 0.740. The topological polar surface area (TPSA) is 85.8 Å². The Bertz CT molecular complexity index is 929. The Labute approximate surface area is 146 Å². The molecule has 0 saturated carbocycles. The van der Waals surface area contributed by atoms with Crippen molar-refractivity contribution in [2.45, 2.75) is 39.8 Å². The van der Waals surface area contributed by atoms with Gasteiger partial charge in [-0.3, -0.25) is 4.79 Å². The number of fused-ring (bicyclic) bond motifs is 1. The molecule has 0 aliphatic heterocycles. The third kappa shape index (κ3) is 3.61. The molecule has 0 saturated heterocycles. The highest BCUT2D eigenvalue weighted by molar-refractivity contribution is 5.91. The summed E-state index contributed by atoms with van der Waals surface area (Å²) in [5, 5.41) is 13.0. The zero-order chi connectivity index (χ0) is 18.0. The maximum absolute atomic E-state index is 12.7. The predicted octanol–water partition coefficient (Wildman–Crippen LogP) is 2.25. The highest BCUT2D eigenvalue weighted by Gasteiger charge is 2.18. The van der Waals surface area contributed by atoms with Gasteiger partial charge in [-0.15, -0.1) is 0 Å². The lowest BCUT2D eigenvalue weighted by molar-refractivity contribution is 0.413. The first kappa shape index (κ1) is 17.3. The molecule has 7 heteroatoms. The van der Waals surface area contributed by atoms with Crippen molar-refractivity contribution in [1.82, 2.24) is 25.2 Å². The van der Waals surface area contributed by atoms with E-state index in [0.29, 0.717) is 41.7 Å². The van der Waals surface area contributed by atoms with Crippen LogP contribution in [0, 0.1) is 5.92 Å². The van der Waals surface area contributed by atoms with Crippen LogP contribution in [0.5, 0.6) is 0 Å². The second-order valence-electron chi connectivity index (χ2n) is 6.68. The molecule has 0 radical (unpaired) electrons. The smallest absolute Gasteiger partial charge is 0.279 e. The van der Waals surface area contributed by atoms with Gasteiger partial charge in [0.2, 0.25) is 0 Å². The summed E-state index contributed by atoms with van der Waals surface area (Å²) < 4.78 is 6.93. The molecule has 25 heavy (non-hydrogen) atoms. The third-order valence-corrected chi connectivity index (χ3v) is 4.06. The molecule has 7 nitrogen and oxygen atoms in total. The summed E-state index contributed by atoms with van der Waals surface area (Å²) in [6, 6.07) is 7.63. The maximum Gasteiger partial charge on any atom is 0.279 e. The fourth-order valence-corrected chi connectivity index (χ4v) is 2.67. The maximum atomic E-state index is 12.7. The van der Waals surface area contributed by atoms with Gasteiger partial charge in [0.05, 0.1) is 5.39 Å². The second kappa shape index (κ2) is 7.14. The molecule has 0 bridgehead atoms. The summed E-state index contributed by atoms with van der Waals surface area (Å²) in [6.45, 7) is 6.68. The Balaban J connectivity index is 2.12. The number of benzene rings is 1. The van der Waals surface area contributed by atoms with E-state index in [9.17, 15) is 4.79 Å². The van der Waals surface area contributed by atoms with E-state index >= 15 is 0 Å². The third-order valence-electron chi connectivity index (χ3n) is 4.06. The van der Waals surface area contributed by atoms with Crippen LogP contribution < -0.4 is 10.9 Å². The number of aromatic nitrogens is 4. The SMILES string of the molecule is CNC(C)Cc1noc(-c2nn(CC(C)C)c(=O)c3ccccc23)n1. The highest BCUT2D eigenvalue weighted by atomic mass is 16.5. The standard InChI is InChI=1S/C18H23N5O2/c1-11(2)10-23-18(24)14-8-6-5-7-13(14)16(21-23)17-20-15(22-25-17)9-12(3)19-4/h5-8,11-12,19H,9-10H2,1-4H3. The first-order valence-corrected chi connectivity index (χ1v) is 8.49. The average Bonchev–Trinajstić information content (AvgIpc) is 3.05. The number of hydrogen-bond acceptors (Lipinski definition) is 6. The Kier molecular flexibility index (Phi) is 4.94. The summed E-state index contributed by atoms with van der Waals surface area (Å²) in [7, 11) is 1.89. The average molecular weight is 341 g/mol. The molecule has 1 aromatic carbocycles. The lowest BCUT2D eigenvalue weighted by atomic mass is 10.1. The first-order chi connectivity index (χ1) is 12.0. The zero-order valence-corrected chi connectivity index (χ0v) is 15.0. The van der Waals surface area contributed by atoms with E-state index in [2.05, 4.69) is 20.6 Å². The van der Waals surface area contributed by atoms with E-state index in [1.165, 1.54) is 4.68 Å². The Morgan fingerprint density at radius 3 is 2.60 bits per heavy atom. The Morgan fingerprint density at radius 2 is 1.92 bits per heavy atom. The van der Waals surface area contributed by atoms with Gasteiger partial charge in [-0.05, 0) is 26.0 Å². The fourth-order valence-electron chi connectivity index (χ4n) is 2.67. The highest BCUT2D eigenvalue weighted by Crippen LogP contribution is 2.23. The molecule has 1 N–H and O–H groups in total. The van der Waals surface area contributed by atoms with Crippen LogP contribution in [0.25, 0.3) is 22.4 Å². The first-order valence-electron chi connectivity index (χ1n) is 8.49. The molecular formula is C18H23N5O2. The minimum absolute atomic E-state index is 0.100. The molecule has 0 amide bonds. The van der Waals surface area contributed by atoms with Crippen molar-refractivity contribution in [2.75, 3.05) is 7.05 Å². The summed E-state index contributed by atoms with van der Waals surface area (Å²) >= 11 is 0. The molecule has 0 aliphatic carbocycles. The molecule has 132 valence electrons. The van der Waals surface area contributed by atoms with Gasteiger partial charge >= 0.3 is 0 Å². The monoisotopic (exact) mass is 341 g/mol. The molecule has 1 atom stereocenters. The van der Waals surface area contributed by atoms with Crippen molar-refractivity contribution >= 4 is 10.8 Å².